The third kappa shape index (κ3) is 23.7. The summed E-state index contributed by atoms with van der Waals surface area (Å²) in [5, 5.41) is 8.95. The van der Waals surface area contributed by atoms with Crippen LogP contribution in [0.15, 0.2) is 120 Å². The number of hydrogen-bond acceptors (Lipinski definition) is 6. The maximum Gasteiger partial charge on any atom is 0.0974 e. The van der Waals surface area contributed by atoms with Gasteiger partial charge in [0.2, 0.25) is 0 Å². The molecule has 4 spiro atoms. The van der Waals surface area contributed by atoms with E-state index >= 15 is 0 Å². The van der Waals surface area contributed by atoms with Crippen LogP contribution in [-0.2, 0) is 9.47 Å². The number of pyridine rings is 2. The lowest BCUT2D eigenvalue weighted by molar-refractivity contribution is -0.141. The molecule has 134 heavy (non-hydrogen) atoms. The van der Waals surface area contributed by atoms with Crippen molar-refractivity contribution in [1.82, 2.24) is 20.2 Å². The predicted molar refractivity (Wildman–Crippen MR) is 654 cm³/mol. The fourth-order valence-electron chi connectivity index (χ4n) is 27.9. The molecule has 557 valence electrons. The summed E-state index contributed by atoms with van der Waals surface area (Å²) in [6.07, 6.45) is 7.72. The van der Waals surface area contributed by atoms with Crippen molar-refractivity contribution >= 4 is 483 Å². The van der Waals surface area contributed by atoms with Crippen LogP contribution in [0.25, 0.3) is 21.5 Å². The molecule has 4 unspecified atom stereocenters. The minimum atomic E-state index is -1.11. The average Bonchev–Trinajstić information content (AvgIpc) is 1.52. The van der Waals surface area contributed by atoms with E-state index in [2.05, 4.69) is 142 Å². The zero-order chi connectivity index (χ0) is 99.2. The van der Waals surface area contributed by atoms with Crippen LogP contribution in [0, 0.1) is 22.7 Å². The summed E-state index contributed by atoms with van der Waals surface area (Å²) in [4.78, 5) is 11.4. The quantitative estimate of drug-likeness (QED) is 0.0463. The number of benzene rings is 2. The van der Waals surface area contributed by atoms with Crippen LogP contribution in [0.5, 0.6) is 0 Å². The fraction of sp³-hybridized carbons (Fsp3) is 0.587. The summed E-state index contributed by atoms with van der Waals surface area (Å²) >= 11 is 0. The molecule has 12 atom stereocenters. The molecule has 10 aliphatic rings. The minimum absolute atomic E-state index is 0.0195. The SMILES string of the molecule is CC(C)N(C)[C@H]1CCC2=CC3=CC[C@]4(C)C(c5ccc6ccncc6c5)CC[C@H]4[C@@]34CCC2(C1)O4.CC(C)N[C@H]1CCC2=CC3=CC[C@]4(C)C(c5ccc6ccncc6c5)CC[C@H]4[C@@]34CCC2(C1)O4.[B]B([B])B([B])B(B([B])[B])B(B(B([B])[B])B([B])[B])B(B(B([B])[B])B([B])[B])B(B([B])[B])B([B])[B].[B][B]B(B([B])[B])B(B([B])[B])B(B(B([B])[B])B([B])[B])B(B(B([B])[B])B([B])[B])B(B([B])[B])B([B])[B]. The number of aromatic nitrogens is 2. The fourth-order valence-corrected chi connectivity index (χ4v) is 27.9. The monoisotopic (exact) mass is 1640 g/mol. The van der Waals surface area contributed by atoms with Gasteiger partial charge in [-0.15, -0.1) is 0 Å². The molecule has 2 aromatic heterocycles. The Balaban J connectivity index is 0.000000172. The lowest BCUT2D eigenvalue weighted by atomic mass is 8.30. The van der Waals surface area contributed by atoms with Crippen molar-refractivity contribution in [1.29, 1.82) is 0 Å². The smallest absolute Gasteiger partial charge is 0.0974 e. The summed E-state index contributed by atoms with van der Waals surface area (Å²) in [6, 6.07) is 20.8. The molecule has 4 saturated carbocycles. The van der Waals surface area contributed by atoms with Gasteiger partial charge < -0.3 is 19.7 Å². The molecule has 69 radical (unpaired) electrons. The number of allylic oxidation sites excluding steroid dienone is 2. The largest absolute Gasteiger partial charge is 0.359 e. The lowest BCUT2D eigenvalue weighted by Gasteiger charge is -2.55. The van der Waals surface area contributed by atoms with Gasteiger partial charge in [-0.2, -0.15) is 0 Å². The maximum atomic E-state index is 7.50. The van der Waals surface area contributed by atoms with E-state index in [4.69, 9.17) is 273 Å². The summed E-state index contributed by atoms with van der Waals surface area (Å²) in [5.74, 6) is 2.37. The Morgan fingerprint density at radius 1 is 0.388 bits per heavy atom. The Kier molecular flexibility index (Phi) is 40.7. The highest BCUT2D eigenvalue weighted by molar-refractivity contribution is 8.31. The first-order valence-electron chi connectivity index (χ1n) is 48.7. The van der Waals surface area contributed by atoms with Crippen molar-refractivity contribution < 1.29 is 9.47 Å². The van der Waals surface area contributed by atoms with E-state index in [1.165, 1.54) is 147 Å². The Hall–Kier alpha value is 0.281. The second kappa shape index (κ2) is 47.6. The normalized spacial score (nSPS) is 25.3. The van der Waals surface area contributed by atoms with Crippen LogP contribution in [-0.4, -0.2) is 530 Å². The van der Waals surface area contributed by atoms with Crippen LogP contribution < -0.4 is 5.32 Å². The van der Waals surface area contributed by atoms with E-state index in [1.54, 1.807) is 11.1 Å². The highest BCUT2D eigenvalue weighted by Crippen LogP contribution is 2.71. The van der Waals surface area contributed by atoms with Gasteiger partial charge in [0.15, 0.2) is 0 Å². The molecule has 4 aromatic rings. The van der Waals surface area contributed by atoms with Crippen LogP contribution in [0.4, 0.5) is 0 Å². The Morgan fingerprint density at radius 2 is 0.731 bits per heavy atom. The molecule has 14 rings (SSSR count). The molecule has 2 saturated heterocycles. The van der Waals surface area contributed by atoms with Gasteiger partial charge in [-0.1, -0.05) is 76.3 Å². The first-order chi connectivity index (χ1) is 62.8. The molecule has 1 N–H and O–H groups in total. The Morgan fingerprint density at radius 3 is 1.06 bits per heavy atom. The lowest BCUT2D eigenvalue weighted by Crippen LogP contribution is -2.89. The molecule has 2 aromatic carbocycles. The minimum Gasteiger partial charge on any atom is -0.359 e. The summed E-state index contributed by atoms with van der Waals surface area (Å²) < 4.78 is 14.9. The van der Waals surface area contributed by atoms with Crippen LogP contribution >= 0.6 is 0 Å². The van der Waals surface area contributed by atoms with Gasteiger partial charge in [-0.05, 0) is 227 Å². The molecular weight excluding hydrogens is 1550 g/mol. The zero-order valence-electron chi connectivity index (χ0n) is 80.4. The van der Waals surface area contributed by atoms with Crippen molar-refractivity contribution in [2.24, 2.45) is 22.7 Å². The second-order valence-corrected chi connectivity index (χ2v) is 42.8. The average molecular weight is 1630 g/mol. The zero-order valence-corrected chi connectivity index (χ0v) is 80.4. The highest BCUT2D eigenvalue weighted by Gasteiger charge is 2.70. The molecule has 71 heteroatoms. The predicted octanol–water partition coefficient (Wildman–Crippen LogP) is -10.7. The van der Waals surface area contributed by atoms with Gasteiger partial charge in [0.1, 0.15) is 0 Å². The van der Waals surface area contributed by atoms with Gasteiger partial charge in [-0.3, -0.25) is 9.97 Å². The number of rotatable bonds is 35. The van der Waals surface area contributed by atoms with Crippen molar-refractivity contribution in [3.05, 3.63) is 131 Å². The van der Waals surface area contributed by atoms with E-state index in [1.807, 2.05) is 24.8 Å². The molecule has 6 heterocycles. The Labute approximate surface area is 868 Å². The van der Waals surface area contributed by atoms with E-state index < -0.39 is 192 Å². The molecule has 4 aliphatic heterocycles. The molecule has 6 nitrogen and oxygen atoms in total. The maximum absolute atomic E-state index is 7.50. The Bertz CT molecular complexity index is 4550. The number of nitrogens with zero attached hydrogens (tertiary/aromatic N) is 3. The van der Waals surface area contributed by atoms with E-state index in [0.717, 1.165) is 6.42 Å². The third-order valence-electron chi connectivity index (χ3n) is 34.1. The highest BCUT2D eigenvalue weighted by atomic mass is 16.5. The molecule has 6 aliphatic carbocycles. The summed E-state index contributed by atoms with van der Waals surface area (Å²) in [7, 11) is 210. The second-order valence-electron chi connectivity index (χ2n) is 42.8. The van der Waals surface area contributed by atoms with Crippen LogP contribution in [0.1, 0.15) is 167 Å². The van der Waals surface area contributed by atoms with Crippen LogP contribution in [0.2, 0.25) is 0 Å². The first-order valence-corrected chi connectivity index (χ1v) is 48.7. The number of ether oxygens (including phenoxy) is 2. The van der Waals surface area contributed by atoms with Crippen molar-refractivity contribution in [2.75, 3.05) is 7.05 Å². The first kappa shape index (κ1) is 115. The van der Waals surface area contributed by atoms with Crippen molar-refractivity contribution in [3.63, 3.8) is 0 Å². The number of hydrogen-bond donors (Lipinski definition) is 1. The van der Waals surface area contributed by atoms with Gasteiger partial charge >= 0.3 is 0 Å². The number of nitrogens with one attached hydrogen (secondary N) is 1. The summed E-state index contributed by atoms with van der Waals surface area (Å²) in [5.41, 5.74) is 9.57. The van der Waals surface area contributed by atoms with Crippen LogP contribution in [0.3, 0.4) is 0 Å². The van der Waals surface area contributed by atoms with E-state index in [9.17, 15) is 0 Å². The van der Waals surface area contributed by atoms with Crippen molar-refractivity contribution in [2.45, 2.75) is 203 Å². The van der Waals surface area contributed by atoms with E-state index in [-0.39, 0.29) is 33.2 Å². The summed E-state index contributed by atoms with van der Waals surface area (Å²) in [6.45, 7) is 14.4. The molecule has 6 fully saturated rings. The standard InChI is InChI=1S/C32H40N2O.C31H38N2O.B33.B32/c1-21(2)34(4)27-8-7-25-18-26-11-13-30(3)28(23-6-5-22-12-16-33-20-24(22)17-23)9-10-29(30)32(26)15-14-31(25,19-27)35-32;1-20(2)33-26-7-6-24-17-25-10-12-29(3)27(22-5-4-21-11-15-32-19-23(21)16-22)8-9-28(29)31(25)14-13-30(24,18-26)34-31;1-18-27(19(2)3)31(26(16)17)33(30(24(12)13)25(14)15)32(28(20(4)5)21(6)7)29(22(8)9)23(10)11;1-18(2)26(17)30(25(15)16)32(29(23(11)12)24(13)14)31(27(19(3)4)20(5)6)28(21(7)8)22(9)10/h5-6,11-12,16-18,20-21,27-29H,7-10,13-15,19H2,1-4H3;4-5,10-11,15-17,19-20,26-28,33H,6-9,12-14,18H2,1-3H3;;/t27-,28?,29+,30+,31?,32+;26-,27?,28+,29+,30?,31+;;/m00../s1. The molecular formula is C63H78B65N4O2. The number of fused-ring (bicyclic) bond motifs is 4. The van der Waals surface area contributed by atoms with Gasteiger partial charge in [0.25, 0.3) is 0 Å². The molecule has 0 amide bonds. The van der Waals surface area contributed by atoms with Gasteiger partial charge in [0.05, 0.1) is 22.4 Å². The van der Waals surface area contributed by atoms with E-state index in [0.29, 0.717) is 47.8 Å². The van der Waals surface area contributed by atoms with Gasteiger partial charge in [-0.25, -0.2) is 0 Å². The van der Waals surface area contributed by atoms with Gasteiger partial charge in [0, 0.05) is 521 Å². The third-order valence-corrected chi connectivity index (χ3v) is 34.1. The molecule has 4 bridgehead atoms. The van der Waals surface area contributed by atoms with Crippen molar-refractivity contribution in [3.8, 4) is 0 Å². The topological polar surface area (TPSA) is 59.5 Å².